The maximum absolute atomic E-state index is 3.96. The van der Waals surface area contributed by atoms with Gasteiger partial charge in [-0.15, -0.1) is 0 Å². The van der Waals surface area contributed by atoms with Gasteiger partial charge in [-0.3, -0.25) is 0 Å². The van der Waals surface area contributed by atoms with Crippen LogP contribution in [0.25, 0.3) is 12.2 Å². The van der Waals surface area contributed by atoms with Crippen LogP contribution in [-0.4, -0.2) is 0 Å². The van der Waals surface area contributed by atoms with E-state index in [0.29, 0.717) is 0 Å². The van der Waals surface area contributed by atoms with Gasteiger partial charge in [0.1, 0.15) is 0 Å². The summed E-state index contributed by atoms with van der Waals surface area (Å²) in [6, 6.07) is 49.7. The van der Waals surface area contributed by atoms with Gasteiger partial charge >= 0.3 is 0 Å². The van der Waals surface area contributed by atoms with E-state index in [-0.39, 0.29) is 5.41 Å². The first kappa shape index (κ1) is 34.8. The first-order valence-electron chi connectivity index (χ1n) is 18.7. The van der Waals surface area contributed by atoms with Crippen molar-refractivity contribution in [3.8, 4) is 0 Å². The van der Waals surface area contributed by atoms with Gasteiger partial charge in [-0.05, 0) is 158 Å². The standard InChI is InChI=1S/C50H50N2/c1-7-40-14-24-44(25-15-40)51(48-22-12-36(3)38(5)34-48)46-28-18-42(19-29-46)50(32-10-9-11-33-50)43-20-30-47(31-21-43)52(45-26-16-41(8-2)17-27-45)49-23-13-37(4)39(6)35-49/h7-8,12-31,34-35H,1-2,9-11,32-33H2,3-6H3. The molecule has 0 amide bonds. The summed E-state index contributed by atoms with van der Waals surface area (Å²) >= 11 is 0. The molecule has 0 saturated heterocycles. The van der Waals surface area contributed by atoms with E-state index in [4.69, 9.17) is 0 Å². The lowest BCUT2D eigenvalue weighted by molar-refractivity contribution is 0.346. The van der Waals surface area contributed by atoms with E-state index in [1.54, 1.807) is 0 Å². The molecule has 1 aliphatic carbocycles. The zero-order valence-corrected chi connectivity index (χ0v) is 31.2. The summed E-state index contributed by atoms with van der Waals surface area (Å²) < 4.78 is 0. The van der Waals surface area contributed by atoms with Gasteiger partial charge in [0, 0.05) is 39.5 Å². The van der Waals surface area contributed by atoms with E-state index >= 15 is 0 Å². The maximum Gasteiger partial charge on any atom is 0.0464 e. The Labute approximate surface area is 311 Å². The van der Waals surface area contributed by atoms with Gasteiger partial charge in [0.25, 0.3) is 0 Å². The largest absolute Gasteiger partial charge is 0.310 e. The van der Waals surface area contributed by atoms with E-state index in [9.17, 15) is 0 Å². The smallest absolute Gasteiger partial charge is 0.0464 e. The SMILES string of the molecule is C=Cc1ccc(N(c2ccc(C3(c4ccc(N(c5ccc(C=C)cc5)c5ccc(C)c(C)c5)cc4)CCCCC3)cc2)c2ccc(C)c(C)c2)cc1. The lowest BCUT2D eigenvalue weighted by Crippen LogP contribution is -2.30. The van der Waals surface area contributed by atoms with Crippen molar-refractivity contribution < 1.29 is 0 Å². The second-order valence-corrected chi connectivity index (χ2v) is 14.5. The zero-order chi connectivity index (χ0) is 36.2. The predicted octanol–water partition coefficient (Wildman–Crippen LogP) is 14.4. The molecule has 0 N–H and O–H groups in total. The fourth-order valence-electron chi connectivity index (χ4n) is 7.90. The number of rotatable bonds is 10. The first-order valence-corrected chi connectivity index (χ1v) is 18.7. The Bertz CT molecular complexity index is 2010. The lowest BCUT2D eigenvalue weighted by Gasteiger charge is -2.39. The third-order valence-electron chi connectivity index (χ3n) is 11.3. The molecule has 6 aromatic rings. The molecule has 260 valence electrons. The molecule has 7 rings (SSSR count). The average Bonchev–Trinajstić information content (AvgIpc) is 3.19. The van der Waals surface area contributed by atoms with E-state index in [0.717, 1.165) is 58.1 Å². The van der Waals surface area contributed by atoms with Crippen LogP contribution in [0.5, 0.6) is 0 Å². The van der Waals surface area contributed by atoms with Crippen LogP contribution in [0.2, 0.25) is 0 Å². The van der Waals surface area contributed by atoms with Crippen LogP contribution in [0.1, 0.15) is 76.6 Å². The van der Waals surface area contributed by atoms with Gasteiger partial charge in [-0.25, -0.2) is 0 Å². The van der Waals surface area contributed by atoms with Crippen molar-refractivity contribution in [2.45, 2.75) is 65.2 Å². The molecule has 0 atom stereocenters. The number of hydrogen-bond acceptors (Lipinski definition) is 2. The second-order valence-electron chi connectivity index (χ2n) is 14.5. The molecule has 0 radical (unpaired) electrons. The Morgan fingerprint density at radius 1 is 0.404 bits per heavy atom. The maximum atomic E-state index is 3.96. The number of benzene rings is 6. The number of anilines is 6. The highest BCUT2D eigenvalue weighted by Gasteiger charge is 2.36. The summed E-state index contributed by atoms with van der Waals surface area (Å²) in [5, 5.41) is 0. The quantitative estimate of drug-likeness (QED) is 0.142. The molecule has 0 unspecified atom stereocenters. The normalized spacial score (nSPS) is 13.7. The summed E-state index contributed by atoms with van der Waals surface area (Å²) in [7, 11) is 0. The Morgan fingerprint density at radius 3 is 1.06 bits per heavy atom. The van der Waals surface area contributed by atoms with E-state index in [1.165, 1.54) is 52.6 Å². The van der Waals surface area contributed by atoms with Crippen molar-refractivity contribution in [2.24, 2.45) is 0 Å². The summed E-state index contributed by atoms with van der Waals surface area (Å²) in [4.78, 5) is 4.74. The predicted molar refractivity (Wildman–Crippen MR) is 225 cm³/mol. The topological polar surface area (TPSA) is 6.48 Å². The van der Waals surface area contributed by atoms with Crippen LogP contribution in [0, 0.1) is 27.7 Å². The molecule has 2 nitrogen and oxygen atoms in total. The van der Waals surface area contributed by atoms with Crippen molar-refractivity contribution >= 4 is 46.3 Å². The second kappa shape index (κ2) is 14.9. The zero-order valence-electron chi connectivity index (χ0n) is 31.2. The third-order valence-corrected chi connectivity index (χ3v) is 11.3. The van der Waals surface area contributed by atoms with Crippen LogP contribution in [0.15, 0.2) is 147 Å². The van der Waals surface area contributed by atoms with E-state index < -0.39 is 0 Å². The molecule has 1 fully saturated rings. The fourth-order valence-corrected chi connectivity index (χ4v) is 7.90. The number of aryl methyl sites for hydroxylation is 4. The monoisotopic (exact) mass is 678 g/mol. The molecule has 0 bridgehead atoms. The molecule has 0 heterocycles. The molecule has 6 aromatic carbocycles. The molecule has 1 saturated carbocycles. The number of hydrogen-bond donors (Lipinski definition) is 0. The molecule has 0 aliphatic heterocycles. The Balaban J connectivity index is 1.26. The number of nitrogens with zero attached hydrogens (tertiary/aromatic N) is 2. The molecular weight excluding hydrogens is 629 g/mol. The Morgan fingerprint density at radius 2 is 0.731 bits per heavy atom. The van der Waals surface area contributed by atoms with Crippen LogP contribution >= 0.6 is 0 Å². The summed E-state index contributed by atoms with van der Waals surface area (Å²) in [5.74, 6) is 0. The van der Waals surface area contributed by atoms with Gasteiger partial charge < -0.3 is 9.80 Å². The summed E-state index contributed by atoms with van der Waals surface area (Å²) in [5.41, 5.74) is 17.1. The van der Waals surface area contributed by atoms with Crippen molar-refractivity contribution in [1.82, 2.24) is 0 Å². The van der Waals surface area contributed by atoms with Crippen molar-refractivity contribution in [3.63, 3.8) is 0 Å². The van der Waals surface area contributed by atoms with Gasteiger partial charge in [0.05, 0.1) is 0 Å². The molecule has 0 aromatic heterocycles. The van der Waals surface area contributed by atoms with Gasteiger partial charge in [-0.2, -0.15) is 0 Å². The average molecular weight is 679 g/mol. The van der Waals surface area contributed by atoms with Crippen molar-refractivity contribution in [3.05, 3.63) is 191 Å². The minimum absolute atomic E-state index is 0.0247. The van der Waals surface area contributed by atoms with Crippen molar-refractivity contribution in [2.75, 3.05) is 9.80 Å². The van der Waals surface area contributed by atoms with Gasteiger partial charge in [0.15, 0.2) is 0 Å². The van der Waals surface area contributed by atoms with Crippen LogP contribution < -0.4 is 9.80 Å². The van der Waals surface area contributed by atoms with Crippen LogP contribution in [0.3, 0.4) is 0 Å². The Hall–Kier alpha value is -5.60. The summed E-state index contributed by atoms with van der Waals surface area (Å²) in [6.07, 6.45) is 9.86. The molecule has 2 heteroatoms. The van der Waals surface area contributed by atoms with Crippen LogP contribution in [0.4, 0.5) is 34.1 Å². The van der Waals surface area contributed by atoms with Crippen molar-refractivity contribution in [1.29, 1.82) is 0 Å². The highest BCUT2D eigenvalue weighted by atomic mass is 15.1. The lowest BCUT2D eigenvalue weighted by atomic mass is 9.65. The fraction of sp³-hybridized carbons (Fsp3) is 0.200. The van der Waals surface area contributed by atoms with E-state index in [2.05, 4.69) is 184 Å². The van der Waals surface area contributed by atoms with Gasteiger partial charge in [-0.1, -0.05) is 105 Å². The Kier molecular flexibility index (Phi) is 10.0. The third kappa shape index (κ3) is 6.86. The minimum atomic E-state index is -0.0247. The molecular formula is C50H50N2. The van der Waals surface area contributed by atoms with Gasteiger partial charge in [0.2, 0.25) is 0 Å². The molecule has 52 heavy (non-hydrogen) atoms. The van der Waals surface area contributed by atoms with E-state index in [1.807, 2.05) is 12.2 Å². The van der Waals surface area contributed by atoms with Crippen LogP contribution in [-0.2, 0) is 5.41 Å². The molecule has 0 spiro atoms. The highest BCUT2D eigenvalue weighted by Crippen LogP contribution is 2.47. The first-order chi connectivity index (χ1) is 25.3. The molecule has 1 aliphatic rings. The summed E-state index contributed by atoms with van der Waals surface area (Å²) in [6.45, 7) is 16.7. The highest BCUT2D eigenvalue weighted by molar-refractivity contribution is 5.79. The minimum Gasteiger partial charge on any atom is -0.310 e.